The smallest absolute Gasteiger partial charge is 0.125 e. The summed E-state index contributed by atoms with van der Waals surface area (Å²) in [5.41, 5.74) is 2.20. The van der Waals surface area contributed by atoms with Crippen LogP contribution in [0.5, 0.6) is 5.75 Å². The molecule has 0 atom stereocenters. The summed E-state index contributed by atoms with van der Waals surface area (Å²) in [6, 6.07) is 3.89. The zero-order chi connectivity index (χ0) is 14.3. The molecule has 0 radical (unpaired) electrons. The Morgan fingerprint density at radius 2 is 1.79 bits per heavy atom. The quantitative estimate of drug-likeness (QED) is 0.716. The second-order valence-corrected chi connectivity index (χ2v) is 5.94. The molecule has 3 heteroatoms. The Balaban J connectivity index is 2.23. The van der Waals surface area contributed by atoms with Crippen molar-refractivity contribution >= 4 is 11.6 Å². The first-order chi connectivity index (χ1) is 9.00. The minimum Gasteiger partial charge on any atom is -0.492 e. The van der Waals surface area contributed by atoms with Gasteiger partial charge in [0.2, 0.25) is 0 Å². The highest BCUT2D eigenvalue weighted by molar-refractivity contribution is 6.30. The largest absolute Gasteiger partial charge is 0.492 e. The summed E-state index contributed by atoms with van der Waals surface area (Å²) in [7, 11) is 0. The molecule has 0 bridgehead atoms. The van der Waals surface area contributed by atoms with Gasteiger partial charge in [-0.3, -0.25) is 0 Å². The van der Waals surface area contributed by atoms with Crippen LogP contribution >= 0.6 is 11.6 Å². The first-order valence-corrected chi connectivity index (χ1v) is 7.48. The molecule has 0 spiro atoms. The molecule has 0 unspecified atom stereocenters. The molecule has 0 amide bonds. The highest BCUT2D eigenvalue weighted by Gasteiger charge is 2.05. The van der Waals surface area contributed by atoms with Gasteiger partial charge < -0.3 is 10.1 Å². The van der Waals surface area contributed by atoms with Gasteiger partial charge >= 0.3 is 0 Å². The van der Waals surface area contributed by atoms with Crippen LogP contribution in [0.15, 0.2) is 12.1 Å². The van der Waals surface area contributed by atoms with Crippen LogP contribution in [0.4, 0.5) is 0 Å². The fourth-order valence-corrected chi connectivity index (χ4v) is 2.44. The summed E-state index contributed by atoms with van der Waals surface area (Å²) in [6.45, 7) is 11.2. The van der Waals surface area contributed by atoms with E-state index in [0.717, 1.165) is 40.9 Å². The van der Waals surface area contributed by atoms with Gasteiger partial charge in [-0.25, -0.2) is 0 Å². The Bertz CT molecular complexity index is 367. The maximum Gasteiger partial charge on any atom is 0.125 e. The zero-order valence-electron chi connectivity index (χ0n) is 12.6. The fraction of sp³-hybridized carbons (Fsp3) is 0.625. The van der Waals surface area contributed by atoms with Crippen molar-refractivity contribution in [2.24, 2.45) is 5.92 Å². The standard InChI is InChI=1S/C16H26ClNO/c1-12(2)6-5-7-18-8-9-19-16-13(3)10-15(17)11-14(16)4/h10-12,18H,5-9H2,1-4H3. The zero-order valence-corrected chi connectivity index (χ0v) is 13.3. The van der Waals surface area contributed by atoms with Crippen LogP contribution in [-0.4, -0.2) is 19.7 Å². The molecule has 2 nitrogen and oxygen atoms in total. The number of halogens is 1. The molecule has 1 rings (SSSR count). The van der Waals surface area contributed by atoms with Crippen molar-refractivity contribution in [2.45, 2.75) is 40.5 Å². The lowest BCUT2D eigenvalue weighted by Gasteiger charge is -2.13. The van der Waals surface area contributed by atoms with E-state index in [1.54, 1.807) is 0 Å². The van der Waals surface area contributed by atoms with Gasteiger partial charge in [-0.2, -0.15) is 0 Å². The van der Waals surface area contributed by atoms with E-state index < -0.39 is 0 Å². The molecular formula is C16H26ClNO. The molecule has 0 aromatic heterocycles. The highest BCUT2D eigenvalue weighted by Crippen LogP contribution is 2.26. The number of hydrogen-bond donors (Lipinski definition) is 1. The molecule has 0 saturated heterocycles. The van der Waals surface area contributed by atoms with E-state index in [9.17, 15) is 0 Å². The third kappa shape index (κ3) is 6.31. The molecule has 1 aromatic carbocycles. The summed E-state index contributed by atoms with van der Waals surface area (Å²) in [4.78, 5) is 0. The maximum absolute atomic E-state index is 6.00. The lowest BCUT2D eigenvalue weighted by atomic mass is 10.1. The first kappa shape index (κ1) is 16.3. The van der Waals surface area contributed by atoms with E-state index in [1.165, 1.54) is 12.8 Å². The predicted molar refractivity (Wildman–Crippen MR) is 83.4 cm³/mol. The summed E-state index contributed by atoms with van der Waals surface area (Å²) in [6.07, 6.45) is 2.51. The normalized spacial score (nSPS) is 11.1. The van der Waals surface area contributed by atoms with Crippen LogP contribution in [0, 0.1) is 19.8 Å². The Labute approximate surface area is 122 Å². The van der Waals surface area contributed by atoms with Crippen molar-refractivity contribution in [2.75, 3.05) is 19.7 Å². The van der Waals surface area contributed by atoms with Crippen molar-refractivity contribution in [3.05, 3.63) is 28.3 Å². The third-order valence-corrected chi connectivity index (χ3v) is 3.30. The molecule has 0 fully saturated rings. The second kappa shape index (κ2) is 8.44. The third-order valence-electron chi connectivity index (χ3n) is 3.09. The molecule has 0 heterocycles. The van der Waals surface area contributed by atoms with E-state index in [4.69, 9.17) is 16.3 Å². The van der Waals surface area contributed by atoms with Crippen LogP contribution < -0.4 is 10.1 Å². The Morgan fingerprint density at radius 1 is 1.16 bits per heavy atom. The molecule has 108 valence electrons. The van der Waals surface area contributed by atoms with Gasteiger partial charge in [0.05, 0.1) is 0 Å². The van der Waals surface area contributed by atoms with Crippen molar-refractivity contribution in [1.82, 2.24) is 5.32 Å². The van der Waals surface area contributed by atoms with Crippen molar-refractivity contribution in [3.8, 4) is 5.75 Å². The van der Waals surface area contributed by atoms with E-state index in [-0.39, 0.29) is 0 Å². The van der Waals surface area contributed by atoms with Crippen molar-refractivity contribution < 1.29 is 4.74 Å². The Hall–Kier alpha value is -0.730. The Morgan fingerprint density at radius 3 is 2.37 bits per heavy atom. The van der Waals surface area contributed by atoms with E-state index in [1.807, 2.05) is 26.0 Å². The molecule has 1 aromatic rings. The Kier molecular flexibility index (Phi) is 7.25. The van der Waals surface area contributed by atoms with E-state index in [2.05, 4.69) is 19.2 Å². The molecule has 0 saturated carbocycles. The molecule has 0 aliphatic carbocycles. The van der Waals surface area contributed by atoms with Gasteiger partial charge in [0.25, 0.3) is 0 Å². The number of rotatable bonds is 8. The lowest BCUT2D eigenvalue weighted by Crippen LogP contribution is -2.22. The predicted octanol–water partition coefficient (Wildman–Crippen LogP) is 4.36. The summed E-state index contributed by atoms with van der Waals surface area (Å²) in [5, 5.41) is 4.18. The molecule has 19 heavy (non-hydrogen) atoms. The summed E-state index contributed by atoms with van der Waals surface area (Å²) in [5.74, 6) is 1.76. The highest BCUT2D eigenvalue weighted by atomic mass is 35.5. The summed E-state index contributed by atoms with van der Waals surface area (Å²) < 4.78 is 5.83. The van der Waals surface area contributed by atoms with Gasteiger partial charge in [0.1, 0.15) is 12.4 Å². The van der Waals surface area contributed by atoms with Crippen LogP contribution in [0.2, 0.25) is 5.02 Å². The average Bonchev–Trinajstić information content (AvgIpc) is 2.30. The molecular weight excluding hydrogens is 258 g/mol. The maximum atomic E-state index is 6.00. The summed E-state index contributed by atoms with van der Waals surface area (Å²) >= 11 is 6.00. The number of ether oxygens (including phenoxy) is 1. The minimum absolute atomic E-state index is 0.699. The van der Waals surface area contributed by atoms with Crippen LogP contribution in [-0.2, 0) is 0 Å². The number of aryl methyl sites for hydroxylation is 2. The van der Waals surface area contributed by atoms with Gasteiger partial charge in [0, 0.05) is 11.6 Å². The van der Waals surface area contributed by atoms with Gasteiger partial charge in [-0.15, -0.1) is 0 Å². The number of nitrogens with one attached hydrogen (secondary N) is 1. The van der Waals surface area contributed by atoms with Crippen LogP contribution in [0.1, 0.15) is 37.8 Å². The fourth-order valence-electron chi connectivity index (χ4n) is 2.11. The van der Waals surface area contributed by atoms with Crippen LogP contribution in [0.25, 0.3) is 0 Å². The lowest BCUT2D eigenvalue weighted by molar-refractivity contribution is 0.309. The number of hydrogen-bond acceptors (Lipinski definition) is 2. The number of benzene rings is 1. The van der Waals surface area contributed by atoms with Gasteiger partial charge in [-0.1, -0.05) is 25.4 Å². The van der Waals surface area contributed by atoms with Gasteiger partial charge in [0.15, 0.2) is 0 Å². The van der Waals surface area contributed by atoms with Crippen LogP contribution in [0.3, 0.4) is 0 Å². The SMILES string of the molecule is Cc1cc(Cl)cc(C)c1OCCNCCCC(C)C. The van der Waals surface area contributed by atoms with Crippen molar-refractivity contribution in [3.63, 3.8) is 0 Å². The van der Waals surface area contributed by atoms with Gasteiger partial charge in [-0.05, 0) is 62.4 Å². The van der Waals surface area contributed by atoms with E-state index in [0.29, 0.717) is 6.61 Å². The minimum atomic E-state index is 0.699. The topological polar surface area (TPSA) is 21.3 Å². The molecule has 1 N–H and O–H groups in total. The second-order valence-electron chi connectivity index (χ2n) is 5.50. The average molecular weight is 284 g/mol. The van der Waals surface area contributed by atoms with Crippen molar-refractivity contribution in [1.29, 1.82) is 0 Å². The van der Waals surface area contributed by atoms with E-state index >= 15 is 0 Å². The first-order valence-electron chi connectivity index (χ1n) is 7.11. The monoisotopic (exact) mass is 283 g/mol. The molecule has 0 aliphatic heterocycles. The molecule has 0 aliphatic rings.